The average molecular weight is 283 g/mol. The summed E-state index contributed by atoms with van der Waals surface area (Å²) in [4.78, 5) is 0. The zero-order valence-electron chi connectivity index (χ0n) is 11.9. The summed E-state index contributed by atoms with van der Waals surface area (Å²) in [5.41, 5.74) is 3.45. The topological polar surface area (TPSA) is 0 Å². The molecule has 0 saturated heterocycles. The van der Waals surface area contributed by atoms with E-state index in [0.717, 1.165) is 17.9 Å². The number of aryl methyl sites for hydroxylation is 1. The number of benzene rings is 1. The Bertz CT molecular complexity index is 345. The molecule has 18 heavy (non-hydrogen) atoms. The monoisotopic (exact) mass is 282 g/mol. The van der Waals surface area contributed by atoms with Gasteiger partial charge in [-0.15, -0.1) is 0 Å². The molecule has 0 radical (unpaired) electrons. The second-order valence-corrected chi connectivity index (χ2v) is 7.12. The van der Waals surface area contributed by atoms with Crippen LogP contribution in [-0.2, 0) is 12.2 Å². The molecule has 0 aliphatic heterocycles. The molecule has 102 valence electrons. The van der Waals surface area contributed by atoms with Crippen LogP contribution in [0.15, 0.2) is 24.3 Å². The van der Waals surface area contributed by atoms with Gasteiger partial charge in [-0.05, 0) is 47.3 Å². The fourth-order valence-corrected chi connectivity index (χ4v) is 3.95. The molecule has 0 nitrogen and oxygen atoms in total. The predicted molar refractivity (Wildman–Crippen MR) is 88.9 cm³/mol. The van der Waals surface area contributed by atoms with Gasteiger partial charge in [0.1, 0.15) is 0 Å². The Balaban J connectivity index is 2.33. The predicted octanol–water partition coefficient (Wildman–Crippen LogP) is 5.22. The van der Waals surface area contributed by atoms with Crippen molar-refractivity contribution in [2.45, 2.75) is 45.8 Å². The van der Waals surface area contributed by atoms with Crippen LogP contribution in [0, 0.1) is 5.41 Å². The van der Waals surface area contributed by atoms with Crippen molar-refractivity contribution in [3.05, 3.63) is 35.4 Å². The molecule has 0 fully saturated rings. The van der Waals surface area contributed by atoms with Crippen molar-refractivity contribution < 1.29 is 0 Å². The first kappa shape index (κ1) is 16.0. The van der Waals surface area contributed by atoms with E-state index in [2.05, 4.69) is 69.4 Å². The Morgan fingerprint density at radius 3 is 2.39 bits per heavy atom. The fourth-order valence-electron chi connectivity index (χ4n) is 2.00. The van der Waals surface area contributed by atoms with Crippen molar-refractivity contribution in [3.8, 4) is 0 Å². The van der Waals surface area contributed by atoms with Crippen LogP contribution < -0.4 is 0 Å². The highest BCUT2D eigenvalue weighted by atomic mass is 32.2. The van der Waals surface area contributed by atoms with E-state index in [0.29, 0.717) is 5.41 Å². The molecule has 0 aliphatic carbocycles. The minimum atomic E-state index is 0.443. The Kier molecular flexibility index (Phi) is 7.25. The van der Waals surface area contributed by atoms with Crippen molar-refractivity contribution in [2.24, 2.45) is 5.41 Å². The first-order valence-corrected chi connectivity index (χ1v) is 8.63. The minimum Gasteiger partial charge on any atom is -0.179 e. The fraction of sp³-hybridized carbons (Fsp3) is 0.625. The highest BCUT2D eigenvalue weighted by Crippen LogP contribution is 2.28. The lowest BCUT2D eigenvalue weighted by atomic mass is 9.87. The molecular formula is C16H26S2. The first-order chi connectivity index (χ1) is 8.59. The van der Waals surface area contributed by atoms with Crippen molar-refractivity contribution in [3.63, 3.8) is 0 Å². The quantitative estimate of drug-likeness (QED) is 0.504. The van der Waals surface area contributed by atoms with E-state index in [-0.39, 0.29) is 0 Å². The molecule has 0 bridgehead atoms. The van der Waals surface area contributed by atoms with Crippen molar-refractivity contribution in [2.75, 3.05) is 11.5 Å². The standard InChI is InChI=1S/C16H26S2/c1-4-14-7-5-6-8-15(14)13-18-12-10-16(2,3)9-11-17/h5-8,17H,4,9-13H2,1-3H3. The minimum absolute atomic E-state index is 0.443. The van der Waals surface area contributed by atoms with Gasteiger partial charge in [-0.2, -0.15) is 24.4 Å². The molecule has 0 N–H and O–H groups in total. The van der Waals surface area contributed by atoms with Crippen LogP contribution in [0.5, 0.6) is 0 Å². The Hall–Kier alpha value is -0.0800. The zero-order chi connectivity index (χ0) is 13.4. The van der Waals surface area contributed by atoms with E-state index < -0.39 is 0 Å². The van der Waals surface area contributed by atoms with Gasteiger partial charge in [-0.3, -0.25) is 0 Å². The van der Waals surface area contributed by atoms with Gasteiger partial charge in [0.05, 0.1) is 0 Å². The Morgan fingerprint density at radius 2 is 1.78 bits per heavy atom. The van der Waals surface area contributed by atoms with Crippen LogP contribution in [-0.4, -0.2) is 11.5 Å². The zero-order valence-corrected chi connectivity index (χ0v) is 13.6. The van der Waals surface area contributed by atoms with Crippen LogP contribution in [0.1, 0.15) is 44.7 Å². The third kappa shape index (κ3) is 5.71. The molecule has 0 heterocycles. The molecule has 0 atom stereocenters. The normalized spacial score (nSPS) is 11.8. The lowest BCUT2D eigenvalue weighted by Gasteiger charge is -2.23. The van der Waals surface area contributed by atoms with Gasteiger partial charge >= 0.3 is 0 Å². The van der Waals surface area contributed by atoms with Crippen LogP contribution in [0.25, 0.3) is 0 Å². The highest BCUT2D eigenvalue weighted by Gasteiger charge is 2.16. The summed E-state index contributed by atoms with van der Waals surface area (Å²) in [6, 6.07) is 8.81. The van der Waals surface area contributed by atoms with E-state index in [4.69, 9.17) is 0 Å². The maximum Gasteiger partial charge on any atom is 0.0187 e. The van der Waals surface area contributed by atoms with E-state index in [1.54, 1.807) is 0 Å². The van der Waals surface area contributed by atoms with Crippen molar-refractivity contribution >= 4 is 24.4 Å². The van der Waals surface area contributed by atoms with E-state index in [1.165, 1.54) is 29.7 Å². The Morgan fingerprint density at radius 1 is 1.11 bits per heavy atom. The lowest BCUT2D eigenvalue weighted by Crippen LogP contribution is -2.13. The molecule has 0 unspecified atom stereocenters. The summed E-state index contributed by atoms with van der Waals surface area (Å²) in [5, 5.41) is 0. The van der Waals surface area contributed by atoms with Crippen LogP contribution >= 0.6 is 24.4 Å². The summed E-state index contributed by atoms with van der Waals surface area (Å²) in [5.74, 6) is 3.40. The SMILES string of the molecule is CCc1ccccc1CSCCC(C)(C)CCS. The molecule has 0 aromatic heterocycles. The van der Waals surface area contributed by atoms with E-state index >= 15 is 0 Å². The number of hydrogen-bond acceptors (Lipinski definition) is 2. The van der Waals surface area contributed by atoms with Crippen LogP contribution in [0.4, 0.5) is 0 Å². The molecule has 1 aromatic carbocycles. The average Bonchev–Trinajstić information content (AvgIpc) is 2.35. The summed E-state index contributed by atoms with van der Waals surface area (Å²) < 4.78 is 0. The lowest BCUT2D eigenvalue weighted by molar-refractivity contribution is 0.345. The second-order valence-electron chi connectivity index (χ2n) is 5.56. The van der Waals surface area contributed by atoms with Gasteiger partial charge in [0, 0.05) is 5.75 Å². The summed E-state index contributed by atoms with van der Waals surface area (Å²) in [6.45, 7) is 6.94. The molecule has 0 spiro atoms. The van der Waals surface area contributed by atoms with E-state index in [1.807, 2.05) is 0 Å². The molecule has 1 aromatic rings. The molecular weight excluding hydrogens is 256 g/mol. The van der Waals surface area contributed by atoms with Gasteiger partial charge in [0.25, 0.3) is 0 Å². The number of rotatable bonds is 8. The van der Waals surface area contributed by atoms with Gasteiger partial charge in [0.2, 0.25) is 0 Å². The van der Waals surface area contributed by atoms with Crippen molar-refractivity contribution in [1.29, 1.82) is 0 Å². The summed E-state index contributed by atoms with van der Waals surface area (Å²) >= 11 is 6.40. The molecule has 0 aliphatic rings. The van der Waals surface area contributed by atoms with Crippen LogP contribution in [0.2, 0.25) is 0 Å². The van der Waals surface area contributed by atoms with Crippen LogP contribution in [0.3, 0.4) is 0 Å². The molecule has 1 rings (SSSR count). The van der Waals surface area contributed by atoms with Gasteiger partial charge < -0.3 is 0 Å². The number of thiol groups is 1. The van der Waals surface area contributed by atoms with Gasteiger partial charge in [-0.1, -0.05) is 45.0 Å². The maximum atomic E-state index is 4.34. The number of hydrogen-bond donors (Lipinski definition) is 1. The smallest absolute Gasteiger partial charge is 0.0187 e. The highest BCUT2D eigenvalue weighted by molar-refractivity contribution is 7.98. The van der Waals surface area contributed by atoms with Gasteiger partial charge in [-0.25, -0.2) is 0 Å². The molecule has 2 heteroatoms. The van der Waals surface area contributed by atoms with Crippen molar-refractivity contribution in [1.82, 2.24) is 0 Å². The van der Waals surface area contributed by atoms with Gasteiger partial charge in [0.15, 0.2) is 0 Å². The third-order valence-corrected chi connectivity index (χ3v) is 4.70. The maximum absolute atomic E-state index is 4.34. The summed E-state index contributed by atoms with van der Waals surface area (Å²) in [6.07, 6.45) is 3.64. The Labute approximate surface area is 122 Å². The first-order valence-electron chi connectivity index (χ1n) is 6.84. The second kappa shape index (κ2) is 8.16. The van der Waals surface area contributed by atoms with E-state index in [9.17, 15) is 0 Å². The largest absolute Gasteiger partial charge is 0.179 e. The summed E-state index contributed by atoms with van der Waals surface area (Å²) in [7, 11) is 0. The third-order valence-electron chi connectivity index (χ3n) is 3.47. The molecule has 0 amide bonds. The molecule has 0 saturated carbocycles. The number of thioether (sulfide) groups is 1.